The highest BCUT2D eigenvalue weighted by Crippen LogP contribution is 2.42. The molecule has 4 aromatic rings. The topological polar surface area (TPSA) is 103 Å². The normalized spacial score (nSPS) is 20.7. The van der Waals surface area contributed by atoms with Crippen molar-refractivity contribution in [1.82, 2.24) is 9.38 Å². The number of hydrogen-bond donors (Lipinski definition) is 1. The molecule has 2 aromatic carbocycles. The van der Waals surface area contributed by atoms with E-state index in [0.29, 0.717) is 64.9 Å². The highest BCUT2D eigenvalue weighted by Gasteiger charge is 2.38. The minimum Gasteiger partial charge on any atom is -0.490 e. The molecule has 0 radical (unpaired) electrons. The van der Waals surface area contributed by atoms with Gasteiger partial charge in [0.25, 0.3) is 0 Å². The number of rotatable bonds is 4. The van der Waals surface area contributed by atoms with E-state index in [0.717, 1.165) is 43.2 Å². The van der Waals surface area contributed by atoms with Gasteiger partial charge in [-0.15, -0.1) is 0 Å². The Morgan fingerprint density at radius 2 is 1.82 bits per heavy atom. The average Bonchev–Trinajstić information content (AvgIpc) is 3.48. The van der Waals surface area contributed by atoms with Gasteiger partial charge in [-0.2, -0.15) is 0 Å². The quantitative estimate of drug-likeness (QED) is 0.213. The fourth-order valence-electron chi connectivity index (χ4n) is 7.24. The minimum atomic E-state index is -1.34. The van der Waals surface area contributed by atoms with Crippen LogP contribution in [0.2, 0.25) is 0 Å². The van der Waals surface area contributed by atoms with Crippen LogP contribution in [0, 0.1) is 12.7 Å². The molecule has 0 spiro atoms. The Balaban J connectivity index is 1.61. The summed E-state index contributed by atoms with van der Waals surface area (Å²) < 4.78 is 35.7. The molecule has 50 heavy (non-hydrogen) atoms. The molecule has 5 heterocycles. The minimum absolute atomic E-state index is 0.0806. The van der Waals surface area contributed by atoms with E-state index in [2.05, 4.69) is 11.8 Å². The molecule has 10 heteroatoms. The van der Waals surface area contributed by atoms with Crippen molar-refractivity contribution in [2.75, 3.05) is 24.6 Å². The van der Waals surface area contributed by atoms with Crippen molar-refractivity contribution in [3.63, 3.8) is 0 Å². The molecule has 1 saturated heterocycles. The Labute approximate surface area is 293 Å². The summed E-state index contributed by atoms with van der Waals surface area (Å²) in [7, 11) is 0. The molecule has 1 N–H and O–H groups in total. The van der Waals surface area contributed by atoms with E-state index in [4.69, 9.17) is 19.2 Å². The van der Waals surface area contributed by atoms with Crippen molar-refractivity contribution < 1.29 is 33.3 Å². The smallest absolute Gasteiger partial charge is 0.337 e. The third-order valence-corrected chi connectivity index (χ3v) is 9.80. The number of imidazole rings is 1. The number of aliphatic carboxylic acids is 1. The van der Waals surface area contributed by atoms with Crippen LogP contribution in [-0.2, 0) is 14.3 Å². The zero-order valence-electron chi connectivity index (χ0n) is 30.1. The number of carboxylic acid groups (broad SMARTS) is 1. The number of piperidine rings is 1. The Bertz CT molecular complexity index is 1920. The number of carbonyl (C=O) groups excluding carboxylic acids is 1. The predicted octanol–water partition coefficient (Wildman–Crippen LogP) is 8.59. The van der Waals surface area contributed by atoms with Crippen LogP contribution in [0.25, 0.3) is 28.0 Å². The number of pyridine rings is 1. The van der Waals surface area contributed by atoms with E-state index in [9.17, 15) is 19.1 Å². The summed E-state index contributed by atoms with van der Waals surface area (Å²) in [4.78, 5) is 33.7. The molecule has 3 aliphatic rings. The van der Waals surface area contributed by atoms with Crippen LogP contribution >= 0.6 is 0 Å². The monoisotopic (exact) mass is 685 g/mol. The number of carbonyl (C=O) groups is 2. The second kappa shape index (κ2) is 13.8. The number of halogens is 1. The third-order valence-electron chi connectivity index (χ3n) is 9.80. The number of fused-ring (bicyclic) bond motifs is 8. The Morgan fingerprint density at radius 3 is 2.50 bits per heavy atom. The number of hydrogen-bond acceptors (Lipinski definition) is 7. The average molecular weight is 686 g/mol. The summed E-state index contributed by atoms with van der Waals surface area (Å²) in [6, 6.07) is 12.2. The lowest BCUT2D eigenvalue weighted by atomic mass is 9.91. The number of carboxylic acids is 1. The zero-order valence-corrected chi connectivity index (χ0v) is 30.1. The van der Waals surface area contributed by atoms with E-state index in [1.165, 1.54) is 19.1 Å². The van der Waals surface area contributed by atoms with Crippen molar-refractivity contribution in [3.8, 4) is 28.1 Å². The molecule has 6 bridgehead atoms. The van der Waals surface area contributed by atoms with Crippen LogP contribution in [0.3, 0.4) is 0 Å². The van der Waals surface area contributed by atoms with Crippen LogP contribution in [0.5, 0.6) is 5.75 Å². The van der Waals surface area contributed by atoms with E-state index >= 15 is 0 Å². The Hall–Kier alpha value is -4.28. The van der Waals surface area contributed by atoms with Crippen molar-refractivity contribution in [3.05, 3.63) is 71.2 Å². The van der Waals surface area contributed by atoms with Gasteiger partial charge in [0, 0.05) is 42.6 Å². The first-order valence-corrected chi connectivity index (χ1v) is 17.6. The van der Waals surface area contributed by atoms with Gasteiger partial charge < -0.3 is 24.2 Å². The van der Waals surface area contributed by atoms with E-state index in [-0.39, 0.29) is 23.3 Å². The van der Waals surface area contributed by atoms with Gasteiger partial charge in [0.2, 0.25) is 0 Å². The Kier molecular flexibility index (Phi) is 9.81. The molecular weight excluding hydrogens is 637 g/mol. The molecule has 266 valence electrons. The molecule has 0 saturated carbocycles. The van der Waals surface area contributed by atoms with Crippen molar-refractivity contribution in [1.29, 1.82) is 0 Å². The fourth-order valence-corrected chi connectivity index (χ4v) is 7.24. The standard InChI is InChI=1S/C40H48FN3O6/c1-24-11-8-9-20-48-40(7)16-18-43(19-17-40)37-34(35(38(46)47)50-39(4,5)6)25(2)33(26(3)45)36-42-31(23-44(36)37)28-13-10-12-27(21-28)30-22-29(41)14-15-32(30)49-24/h10,12-15,21-24,35H,8-9,11,16-20H2,1-7H3,(H,46,47)/t24-,35+/m1/s1. The lowest BCUT2D eigenvalue weighted by Crippen LogP contribution is -2.45. The molecule has 9 nitrogen and oxygen atoms in total. The van der Waals surface area contributed by atoms with Crippen LogP contribution in [0.4, 0.5) is 10.2 Å². The van der Waals surface area contributed by atoms with Crippen LogP contribution in [0.1, 0.15) is 101 Å². The molecule has 2 aromatic heterocycles. The van der Waals surface area contributed by atoms with Crippen molar-refractivity contribution in [2.45, 2.75) is 104 Å². The summed E-state index contributed by atoms with van der Waals surface area (Å²) in [5.41, 5.74) is 3.34. The van der Waals surface area contributed by atoms with Gasteiger partial charge in [0.1, 0.15) is 23.0 Å². The molecule has 1 fully saturated rings. The van der Waals surface area contributed by atoms with Gasteiger partial charge in [-0.05, 0) is 116 Å². The molecule has 3 aliphatic heterocycles. The van der Waals surface area contributed by atoms with Crippen LogP contribution < -0.4 is 9.64 Å². The van der Waals surface area contributed by atoms with Gasteiger partial charge in [-0.3, -0.25) is 9.20 Å². The maximum Gasteiger partial charge on any atom is 0.337 e. The maximum absolute atomic E-state index is 14.7. The highest BCUT2D eigenvalue weighted by molar-refractivity contribution is 6.03. The van der Waals surface area contributed by atoms with Crippen LogP contribution in [0.15, 0.2) is 48.7 Å². The first-order chi connectivity index (χ1) is 23.6. The van der Waals surface area contributed by atoms with E-state index in [1.807, 2.05) is 62.6 Å². The summed E-state index contributed by atoms with van der Waals surface area (Å²) in [5.74, 6) is -0.506. The maximum atomic E-state index is 14.7. The number of Topliss-reactive ketones (excluding diaryl/α,β-unsaturated/α-hetero) is 1. The van der Waals surface area contributed by atoms with Gasteiger partial charge in [-0.25, -0.2) is 14.2 Å². The highest BCUT2D eigenvalue weighted by atomic mass is 19.1. The molecule has 0 aliphatic carbocycles. The van der Waals surface area contributed by atoms with E-state index in [1.54, 1.807) is 13.0 Å². The summed E-state index contributed by atoms with van der Waals surface area (Å²) in [6.45, 7) is 14.7. The lowest BCUT2D eigenvalue weighted by Gasteiger charge is -2.42. The molecular formula is C40H48FN3O6. The second-order valence-corrected chi connectivity index (χ2v) is 15.0. The summed E-state index contributed by atoms with van der Waals surface area (Å²) >= 11 is 0. The second-order valence-electron chi connectivity index (χ2n) is 15.0. The molecule has 0 unspecified atom stereocenters. The summed E-state index contributed by atoms with van der Waals surface area (Å²) in [5, 5.41) is 10.6. The van der Waals surface area contributed by atoms with Crippen molar-refractivity contribution >= 4 is 23.2 Å². The van der Waals surface area contributed by atoms with Gasteiger partial charge in [0.15, 0.2) is 11.9 Å². The third kappa shape index (κ3) is 7.28. The molecule has 0 amide bonds. The SMILES string of the molecule is CC(=O)c1c(C)c([C@H](OC(C)(C)C)C(=O)O)c2n3cc(nc13)-c1cccc(c1)-c1cc(F)ccc1O[C@H](C)CCCCOC1(C)CCN2CC1. The van der Waals surface area contributed by atoms with Gasteiger partial charge >= 0.3 is 5.97 Å². The molecule has 7 rings (SSSR count). The number of ketones is 1. The first kappa shape index (κ1) is 35.5. The molecule has 2 atom stereocenters. The van der Waals surface area contributed by atoms with Crippen LogP contribution in [-0.4, -0.2) is 63.2 Å². The summed E-state index contributed by atoms with van der Waals surface area (Å²) in [6.07, 6.45) is 4.53. The largest absolute Gasteiger partial charge is 0.490 e. The zero-order chi connectivity index (χ0) is 36.0. The number of benzene rings is 2. The Morgan fingerprint density at radius 1 is 1.10 bits per heavy atom. The number of anilines is 1. The van der Waals surface area contributed by atoms with Crippen molar-refractivity contribution in [2.24, 2.45) is 0 Å². The predicted molar refractivity (Wildman–Crippen MR) is 192 cm³/mol. The van der Waals surface area contributed by atoms with Gasteiger partial charge in [-0.1, -0.05) is 18.2 Å². The fraction of sp³-hybridized carbons (Fsp3) is 0.475. The number of nitrogens with zero attached hydrogens (tertiary/aromatic N) is 3. The van der Waals surface area contributed by atoms with Gasteiger partial charge in [0.05, 0.1) is 28.6 Å². The first-order valence-electron chi connectivity index (χ1n) is 17.6. The number of ether oxygens (including phenoxy) is 3. The van der Waals surface area contributed by atoms with E-state index < -0.39 is 17.7 Å². The number of aromatic nitrogens is 2. The lowest BCUT2D eigenvalue weighted by molar-refractivity contribution is -0.160.